The lowest BCUT2D eigenvalue weighted by Gasteiger charge is -2.16. The van der Waals surface area contributed by atoms with Crippen molar-refractivity contribution in [1.82, 2.24) is 14.0 Å². The fraction of sp³-hybridized carbons (Fsp3) is 0.500. The van der Waals surface area contributed by atoms with Crippen LogP contribution in [0.3, 0.4) is 0 Å². The van der Waals surface area contributed by atoms with E-state index in [1.807, 2.05) is 0 Å². The Balaban J connectivity index is 2.47. The van der Waals surface area contributed by atoms with Crippen LogP contribution in [-0.4, -0.2) is 42.4 Å². The third-order valence-electron chi connectivity index (χ3n) is 1.96. The van der Waals surface area contributed by atoms with E-state index in [9.17, 15) is 13.2 Å². The summed E-state index contributed by atoms with van der Waals surface area (Å²) in [5.74, 6) is -1.03. The Morgan fingerprint density at radius 2 is 2.35 bits per heavy atom. The highest BCUT2D eigenvalue weighted by Gasteiger charge is 2.17. The van der Waals surface area contributed by atoms with Gasteiger partial charge in [-0.05, 0) is 0 Å². The van der Waals surface area contributed by atoms with Crippen LogP contribution in [0.1, 0.15) is 11.3 Å². The van der Waals surface area contributed by atoms with Gasteiger partial charge in [-0.3, -0.25) is 9.78 Å². The van der Waals surface area contributed by atoms with Crippen molar-refractivity contribution < 1.29 is 18.3 Å². The van der Waals surface area contributed by atoms with E-state index >= 15 is 0 Å². The zero-order chi connectivity index (χ0) is 12.9. The number of rotatable bonds is 7. The Hall–Kier alpha value is -1.03. The SMILES string of the molecule is CN(CCC(=O)O)S(=O)(=O)NCc1cncs1. The molecule has 1 aromatic heterocycles. The Morgan fingerprint density at radius 3 is 2.88 bits per heavy atom. The van der Waals surface area contributed by atoms with Gasteiger partial charge < -0.3 is 5.11 Å². The molecule has 0 aromatic carbocycles. The third-order valence-corrected chi connectivity index (χ3v) is 4.26. The molecule has 0 unspecified atom stereocenters. The average molecular weight is 279 g/mol. The van der Waals surface area contributed by atoms with E-state index < -0.39 is 16.2 Å². The first kappa shape index (κ1) is 14.0. The molecule has 17 heavy (non-hydrogen) atoms. The van der Waals surface area contributed by atoms with Crippen molar-refractivity contribution in [3.63, 3.8) is 0 Å². The first-order valence-electron chi connectivity index (χ1n) is 4.72. The summed E-state index contributed by atoms with van der Waals surface area (Å²) in [5, 5.41) is 8.46. The van der Waals surface area contributed by atoms with E-state index in [-0.39, 0.29) is 19.5 Å². The van der Waals surface area contributed by atoms with Crippen LogP contribution < -0.4 is 4.72 Å². The zero-order valence-electron chi connectivity index (χ0n) is 9.16. The summed E-state index contributed by atoms with van der Waals surface area (Å²) >= 11 is 1.34. The Morgan fingerprint density at radius 1 is 1.65 bits per heavy atom. The Kier molecular flexibility index (Phi) is 5.00. The summed E-state index contributed by atoms with van der Waals surface area (Å²) in [4.78, 5) is 14.9. The van der Waals surface area contributed by atoms with E-state index in [0.717, 1.165) is 9.18 Å². The number of hydrogen-bond acceptors (Lipinski definition) is 5. The third kappa shape index (κ3) is 4.77. The second kappa shape index (κ2) is 6.05. The van der Waals surface area contributed by atoms with Gasteiger partial charge in [0.1, 0.15) is 0 Å². The number of carbonyl (C=O) groups is 1. The second-order valence-corrected chi connectivity index (χ2v) is 6.09. The lowest BCUT2D eigenvalue weighted by atomic mass is 10.4. The lowest BCUT2D eigenvalue weighted by molar-refractivity contribution is -0.137. The molecule has 0 atom stereocenters. The molecule has 96 valence electrons. The van der Waals surface area contributed by atoms with Crippen molar-refractivity contribution in [2.45, 2.75) is 13.0 Å². The van der Waals surface area contributed by atoms with Gasteiger partial charge in [0.2, 0.25) is 0 Å². The fourth-order valence-electron chi connectivity index (χ4n) is 0.975. The minimum Gasteiger partial charge on any atom is -0.481 e. The van der Waals surface area contributed by atoms with Crippen LogP contribution in [0.4, 0.5) is 0 Å². The van der Waals surface area contributed by atoms with Crippen molar-refractivity contribution in [3.8, 4) is 0 Å². The van der Waals surface area contributed by atoms with Crippen molar-refractivity contribution in [1.29, 1.82) is 0 Å². The fourth-order valence-corrected chi connectivity index (χ4v) is 2.49. The van der Waals surface area contributed by atoms with Gasteiger partial charge >= 0.3 is 5.97 Å². The maximum Gasteiger partial charge on any atom is 0.304 e. The highest BCUT2D eigenvalue weighted by molar-refractivity contribution is 7.87. The predicted octanol–water partition coefficient (Wildman–Crippen LogP) is -0.116. The van der Waals surface area contributed by atoms with Gasteiger partial charge in [0.25, 0.3) is 10.2 Å². The van der Waals surface area contributed by atoms with E-state index in [1.165, 1.54) is 18.4 Å². The molecule has 0 radical (unpaired) electrons. The maximum atomic E-state index is 11.6. The van der Waals surface area contributed by atoms with Gasteiger partial charge in [-0.2, -0.15) is 17.4 Å². The number of thiazole rings is 1. The number of hydrogen-bond donors (Lipinski definition) is 2. The van der Waals surface area contributed by atoms with E-state index in [0.29, 0.717) is 0 Å². The van der Waals surface area contributed by atoms with Gasteiger partial charge in [-0.15, -0.1) is 11.3 Å². The van der Waals surface area contributed by atoms with E-state index in [4.69, 9.17) is 5.11 Å². The zero-order valence-corrected chi connectivity index (χ0v) is 10.8. The average Bonchev–Trinajstić information content (AvgIpc) is 2.75. The summed E-state index contributed by atoms with van der Waals surface area (Å²) in [6, 6.07) is 0. The molecule has 0 aliphatic rings. The van der Waals surface area contributed by atoms with Gasteiger partial charge in [0.15, 0.2) is 0 Å². The number of aliphatic carboxylic acids is 1. The number of aromatic nitrogens is 1. The second-order valence-electron chi connectivity index (χ2n) is 3.26. The van der Waals surface area contributed by atoms with Gasteiger partial charge in [0, 0.05) is 31.2 Å². The molecule has 0 saturated carbocycles. The molecular weight excluding hydrogens is 266 g/mol. The smallest absolute Gasteiger partial charge is 0.304 e. The number of nitrogens with zero attached hydrogens (tertiary/aromatic N) is 2. The topological polar surface area (TPSA) is 99.6 Å². The minimum absolute atomic E-state index is 0.0621. The van der Waals surface area contributed by atoms with Crippen LogP contribution in [-0.2, 0) is 21.5 Å². The molecule has 0 spiro atoms. The Labute approximate surface area is 103 Å². The quantitative estimate of drug-likeness (QED) is 0.725. The molecule has 9 heteroatoms. The summed E-state index contributed by atoms with van der Waals surface area (Å²) in [5.41, 5.74) is 1.61. The summed E-state index contributed by atoms with van der Waals surface area (Å²) in [7, 11) is -2.30. The molecule has 1 heterocycles. The van der Waals surface area contributed by atoms with Gasteiger partial charge in [-0.25, -0.2) is 0 Å². The molecule has 0 aliphatic heterocycles. The van der Waals surface area contributed by atoms with E-state index in [2.05, 4.69) is 9.71 Å². The molecular formula is C8H13N3O4S2. The van der Waals surface area contributed by atoms with Crippen LogP contribution in [0.15, 0.2) is 11.7 Å². The van der Waals surface area contributed by atoms with E-state index in [1.54, 1.807) is 11.7 Å². The summed E-state index contributed by atoms with van der Waals surface area (Å²) in [6.45, 7) is 0.0950. The molecule has 0 bridgehead atoms. The predicted molar refractivity (Wildman–Crippen MR) is 62.8 cm³/mol. The molecule has 0 fully saturated rings. The minimum atomic E-state index is -3.63. The molecule has 0 amide bonds. The molecule has 0 aliphatic carbocycles. The van der Waals surface area contributed by atoms with Crippen molar-refractivity contribution in [3.05, 3.63) is 16.6 Å². The summed E-state index contributed by atoms with van der Waals surface area (Å²) < 4.78 is 26.6. The number of carboxylic acid groups (broad SMARTS) is 1. The lowest BCUT2D eigenvalue weighted by Crippen LogP contribution is -2.38. The molecule has 1 rings (SSSR count). The first-order chi connectivity index (χ1) is 7.92. The Bertz CT molecular complexity index is 457. The molecule has 2 N–H and O–H groups in total. The van der Waals surface area contributed by atoms with Crippen molar-refractivity contribution in [2.24, 2.45) is 0 Å². The van der Waals surface area contributed by atoms with Crippen LogP contribution in [0.25, 0.3) is 0 Å². The van der Waals surface area contributed by atoms with Crippen molar-refractivity contribution >= 4 is 27.5 Å². The highest BCUT2D eigenvalue weighted by Crippen LogP contribution is 2.06. The maximum absolute atomic E-state index is 11.6. The van der Waals surface area contributed by atoms with Gasteiger partial charge in [0.05, 0.1) is 11.9 Å². The first-order valence-corrected chi connectivity index (χ1v) is 7.04. The standard InChI is InChI=1S/C8H13N3O4S2/c1-11(3-2-8(12)13)17(14,15)10-5-7-4-9-6-16-7/h4,6,10H,2-3,5H2,1H3,(H,12,13). The summed E-state index contributed by atoms with van der Waals surface area (Å²) in [6.07, 6.45) is 1.35. The van der Waals surface area contributed by atoms with Crippen molar-refractivity contribution in [2.75, 3.05) is 13.6 Å². The molecule has 1 aromatic rings. The molecule has 7 nitrogen and oxygen atoms in total. The monoisotopic (exact) mass is 279 g/mol. The highest BCUT2D eigenvalue weighted by atomic mass is 32.2. The van der Waals surface area contributed by atoms with Crippen LogP contribution in [0.2, 0.25) is 0 Å². The van der Waals surface area contributed by atoms with Crippen LogP contribution >= 0.6 is 11.3 Å². The number of carboxylic acids is 1. The normalized spacial score (nSPS) is 11.9. The van der Waals surface area contributed by atoms with Crippen LogP contribution in [0.5, 0.6) is 0 Å². The van der Waals surface area contributed by atoms with Crippen LogP contribution in [0, 0.1) is 0 Å². The van der Waals surface area contributed by atoms with Gasteiger partial charge in [-0.1, -0.05) is 0 Å². The number of nitrogens with one attached hydrogen (secondary N) is 1. The molecule has 0 saturated heterocycles. The largest absolute Gasteiger partial charge is 0.481 e.